The number of amides is 1. The molecule has 0 spiro atoms. The lowest BCUT2D eigenvalue weighted by Gasteiger charge is -2.30. The van der Waals surface area contributed by atoms with Gasteiger partial charge in [-0.1, -0.05) is 35.9 Å². The molecule has 1 aliphatic heterocycles. The van der Waals surface area contributed by atoms with E-state index in [4.69, 9.17) is 11.6 Å². The Hall–Kier alpha value is -1.89. The Kier molecular flexibility index (Phi) is 5.65. The fourth-order valence-corrected chi connectivity index (χ4v) is 4.73. The summed E-state index contributed by atoms with van der Waals surface area (Å²) in [6.07, 6.45) is 0.995. The highest BCUT2D eigenvalue weighted by Gasteiger charge is 2.32. The van der Waals surface area contributed by atoms with E-state index in [0.29, 0.717) is 36.6 Å². The topological polar surface area (TPSA) is 66.5 Å². The Labute approximate surface area is 159 Å². The first kappa shape index (κ1) is 18.9. The molecule has 5 nitrogen and oxygen atoms in total. The number of aryl methyl sites for hydroxylation is 1. The molecule has 0 atom stereocenters. The van der Waals surface area contributed by atoms with Gasteiger partial charge in [-0.25, -0.2) is 8.42 Å². The molecule has 1 aliphatic rings. The van der Waals surface area contributed by atoms with Gasteiger partial charge in [0.2, 0.25) is 15.9 Å². The van der Waals surface area contributed by atoms with Gasteiger partial charge >= 0.3 is 0 Å². The van der Waals surface area contributed by atoms with E-state index >= 15 is 0 Å². The number of carbonyl (C=O) groups excluding carboxylic acids is 1. The van der Waals surface area contributed by atoms with Crippen LogP contribution in [0.1, 0.15) is 18.4 Å². The van der Waals surface area contributed by atoms with Gasteiger partial charge in [0, 0.05) is 29.7 Å². The number of hydrogen-bond donors (Lipinski definition) is 1. The smallest absolute Gasteiger partial charge is 0.243 e. The molecule has 3 rings (SSSR count). The Morgan fingerprint density at radius 1 is 1.12 bits per heavy atom. The first-order valence-electron chi connectivity index (χ1n) is 8.50. The standard InChI is InChI=1S/C19H21ClN2O3S/c1-14-7-8-16(20)13-18(14)21-19(23)15-9-11-22(12-10-15)26(24,25)17-5-3-2-4-6-17/h2-8,13,15H,9-12H2,1H3,(H,21,23). The number of piperidine rings is 1. The van der Waals surface area contributed by atoms with Crippen LogP contribution >= 0.6 is 11.6 Å². The minimum absolute atomic E-state index is 0.0906. The summed E-state index contributed by atoms with van der Waals surface area (Å²) in [4.78, 5) is 12.8. The third-order valence-electron chi connectivity index (χ3n) is 4.66. The molecule has 2 aromatic carbocycles. The van der Waals surface area contributed by atoms with E-state index in [1.807, 2.05) is 13.0 Å². The maximum absolute atomic E-state index is 12.6. The molecule has 1 fully saturated rings. The number of rotatable bonds is 4. The Bertz CT molecular complexity index is 892. The maximum atomic E-state index is 12.6. The van der Waals surface area contributed by atoms with E-state index in [9.17, 15) is 13.2 Å². The number of sulfonamides is 1. The monoisotopic (exact) mass is 392 g/mol. The van der Waals surface area contributed by atoms with Gasteiger partial charge in [0.25, 0.3) is 0 Å². The Morgan fingerprint density at radius 3 is 2.42 bits per heavy atom. The van der Waals surface area contributed by atoms with Crippen molar-refractivity contribution in [2.24, 2.45) is 5.92 Å². The molecule has 26 heavy (non-hydrogen) atoms. The lowest BCUT2D eigenvalue weighted by molar-refractivity contribution is -0.120. The van der Waals surface area contributed by atoms with Crippen LogP contribution in [0.15, 0.2) is 53.4 Å². The molecule has 1 amide bonds. The number of anilines is 1. The van der Waals surface area contributed by atoms with Gasteiger partial charge in [0.05, 0.1) is 4.90 Å². The number of hydrogen-bond acceptors (Lipinski definition) is 3. The van der Waals surface area contributed by atoms with Crippen LogP contribution in [-0.4, -0.2) is 31.7 Å². The molecule has 0 radical (unpaired) electrons. The van der Waals surface area contributed by atoms with Gasteiger partial charge in [-0.2, -0.15) is 4.31 Å². The zero-order valence-corrected chi connectivity index (χ0v) is 16.1. The normalized spacial score (nSPS) is 16.4. The van der Waals surface area contributed by atoms with Crippen LogP contribution in [0.5, 0.6) is 0 Å². The highest BCUT2D eigenvalue weighted by Crippen LogP contribution is 2.26. The summed E-state index contributed by atoms with van der Waals surface area (Å²) >= 11 is 5.99. The predicted molar refractivity (Wildman–Crippen MR) is 103 cm³/mol. The molecule has 138 valence electrons. The highest BCUT2D eigenvalue weighted by atomic mass is 35.5. The number of benzene rings is 2. The quantitative estimate of drug-likeness (QED) is 0.862. The van der Waals surface area contributed by atoms with Gasteiger partial charge in [-0.3, -0.25) is 4.79 Å². The third kappa shape index (κ3) is 4.09. The van der Waals surface area contributed by atoms with Gasteiger partial charge in [0.1, 0.15) is 0 Å². The van der Waals surface area contributed by atoms with Crippen molar-refractivity contribution in [2.75, 3.05) is 18.4 Å². The number of carbonyl (C=O) groups is 1. The second kappa shape index (κ2) is 7.78. The summed E-state index contributed by atoms with van der Waals surface area (Å²) < 4.78 is 26.8. The minimum atomic E-state index is -3.50. The summed E-state index contributed by atoms with van der Waals surface area (Å²) in [7, 11) is -3.50. The second-order valence-corrected chi connectivity index (χ2v) is 8.81. The van der Waals surface area contributed by atoms with Crippen molar-refractivity contribution in [3.05, 3.63) is 59.1 Å². The summed E-state index contributed by atoms with van der Waals surface area (Å²) in [6.45, 7) is 2.58. The Morgan fingerprint density at radius 2 is 1.77 bits per heavy atom. The molecule has 0 aromatic heterocycles. The van der Waals surface area contributed by atoms with Crippen LogP contribution in [-0.2, 0) is 14.8 Å². The van der Waals surface area contributed by atoms with E-state index in [1.165, 1.54) is 4.31 Å². The molecule has 1 heterocycles. The molecular formula is C19H21ClN2O3S. The van der Waals surface area contributed by atoms with E-state index in [2.05, 4.69) is 5.32 Å². The molecular weight excluding hydrogens is 372 g/mol. The summed E-state index contributed by atoms with van der Waals surface area (Å²) in [6, 6.07) is 13.7. The van der Waals surface area contributed by atoms with Crippen LogP contribution in [0.25, 0.3) is 0 Å². The van der Waals surface area contributed by atoms with Crippen LogP contribution in [0.3, 0.4) is 0 Å². The van der Waals surface area contributed by atoms with Crippen LogP contribution in [0.2, 0.25) is 5.02 Å². The first-order chi connectivity index (χ1) is 12.4. The van der Waals surface area contributed by atoms with Gasteiger partial charge in [0.15, 0.2) is 0 Å². The molecule has 1 N–H and O–H groups in total. The van der Waals surface area contributed by atoms with Gasteiger partial charge in [-0.15, -0.1) is 0 Å². The molecule has 2 aromatic rings. The number of nitrogens with one attached hydrogen (secondary N) is 1. The molecule has 0 saturated carbocycles. The number of nitrogens with zero attached hydrogens (tertiary/aromatic N) is 1. The van der Waals surface area contributed by atoms with E-state index in [0.717, 1.165) is 5.56 Å². The summed E-state index contributed by atoms with van der Waals surface area (Å²) in [5.41, 5.74) is 1.63. The van der Waals surface area contributed by atoms with E-state index < -0.39 is 10.0 Å². The predicted octanol–water partition coefficient (Wildman–Crippen LogP) is 3.69. The van der Waals surface area contributed by atoms with Crippen molar-refractivity contribution in [3.8, 4) is 0 Å². The zero-order chi connectivity index (χ0) is 18.7. The van der Waals surface area contributed by atoms with Crippen LogP contribution in [0.4, 0.5) is 5.69 Å². The summed E-state index contributed by atoms with van der Waals surface area (Å²) in [5.74, 6) is -0.303. The zero-order valence-electron chi connectivity index (χ0n) is 14.5. The lowest BCUT2D eigenvalue weighted by Crippen LogP contribution is -2.41. The molecule has 0 aliphatic carbocycles. The van der Waals surface area contributed by atoms with E-state index in [-0.39, 0.29) is 16.7 Å². The van der Waals surface area contributed by atoms with Gasteiger partial charge < -0.3 is 5.32 Å². The highest BCUT2D eigenvalue weighted by molar-refractivity contribution is 7.89. The SMILES string of the molecule is Cc1ccc(Cl)cc1NC(=O)C1CCN(S(=O)(=O)c2ccccc2)CC1. The van der Waals surface area contributed by atoms with Crippen LogP contribution in [0, 0.1) is 12.8 Å². The minimum Gasteiger partial charge on any atom is -0.326 e. The van der Waals surface area contributed by atoms with Crippen molar-refractivity contribution >= 4 is 33.2 Å². The number of halogens is 1. The molecule has 0 bridgehead atoms. The third-order valence-corrected chi connectivity index (χ3v) is 6.81. The molecule has 0 unspecified atom stereocenters. The maximum Gasteiger partial charge on any atom is 0.243 e. The summed E-state index contributed by atoms with van der Waals surface area (Å²) in [5, 5.41) is 3.48. The average molecular weight is 393 g/mol. The molecule has 7 heteroatoms. The lowest BCUT2D eigenvalue weighted by atomic mass is 9.97. The van der Waals surface area contributed by atoms with Crippen LogP contribution < -0.4 is 5.32 Å². The first-order valence-corrected chi connectivity index (χ1v) is 10.3. The second-order valence-electron chi connectivity index (χ2n) is 6.44. The average Bonchev–Trinajstić information content (AvgIpc) is 2.65. The fourth-order valence-electron chi connectivity index (χ4n) is 3.06. The Balaban J connectivity index is 1.63. The van der Waals surface area contributed by atoms with Crippen molar-refractivity contribution < 1.29 is 13.2 Å². The largest absolute Gasteiger partial charge is 0.326 e. The fraction of sp³-hybridized carbons (Fsp3) is 0.316. The van der Waals surface area contributed by atoms with Crippen molar-refractivity contribution in [2.45, 2.75) is 24.7 Å². The van der Waals surface area contributed by atoms with Crippen molar-refractivity contribution in [1.82, 2.24) is 4.31 Å². The van der Waals surface area contributed by atoms with Gasteiger partial charge in [-0.05, 0) is 49.6 Å². The van der Waals surface area contributed by atoms with Crippen molar-refractivity contribution in [3.63, 3.8) is 0 Å². The van der Waals surface area contributed by atoms with E-state index in [1.54, 1.807) is 42.5 Å². The molecule has 1 saturated heterocycles. The van der Waals surface area contributed by atoms with Crippen molar-refractivity contribution in [1.29, 1.82) is 0 Å².